The van der Waals surface area contributed by atoms with E-state index in [2.05, 4.69) is 33.2 Å². The Balaban J connectivity index is 2.82. The molecule has 4 nitrogen and oxygen atoms in total. The first-order valence-electron chi connectivity index (χ1n) is 5.20. The molecule has 4 N–H and O–H groups in total. The van der Waals surface area contributed by atoms with Gasteiger partial charge in [0.15, 0.2) is 0 Å². The number of rotatable bonds is 7. The second-order valence-corrected chi connectivity index (χ2v) is 4.03. The molecule has 5 heteroatoms. The highest BCUT2D eigenvalue weighted by Crippen LogP contribution is 2.26. The van der Waals surface area contributed by atoms with E-state index in [1.165, 1.54) is 5.56 Å². The van der Waals surface area contributed by atoms with Gasteiger partial charge in [0.05, 0.1) is 13.2 Å². The quantitative estimate of drug-likeness (QED) is 0.449. The molecular formula is C11H17IN2O2. The predicted molar refractivity (Wildman–Crippen MR) is 75.3 cm³/mol. The monoisotopic (exact) mass is 336 g/mol. The molecule has 0 fully saturated rings. The van der Waals surface area contributed by atoms with Crippen LogP contribution in [-0.2, 0) is 4.43 Å². The van der Waals surface area contributed by atoms with Gasteiger partial charge in [-0.3, -0.25) is 0 Å². The standard InChI is InChI=1S/C11H17IN2O2/c12-8-9-10(13-4-6-15)2-1-3-11(9)14-5-7-16/h1-3,13-16H,4-8H2. The molecule has 0 atom stereocenters. The summed E-state index contributed by atoms with van der Waals surface area (Å²) in [6.45, 7) is 1.34. The number of hydrogen-bond acceptors (Lipinski definition) is 4. The molecule has 0 saturated heterocycles. The maximum Gasteiger partial charge on any atom is 0.0604 e. The molecule has 0 aliphatic carbocycles. The van der Waals surface area contributed by atoms with Crippen molar-refractivity contribution in [2.45, 2.75) is 4.43 Å². The minimum absolute atomic E-state index is 0.120. The van der Waals surface area contributed by atoms with Crippen LogP contribution < -0.4 is 10.6 Å². The van der Waals surface area contributed by atoms with E-state index >= 15 is 0 Å². The summed E-state index contributed by atoms with van der Waals surface area (Å²) in [5.74, 6) is 0. The summed E-state index contributed by atoms with van der Waals surface area (Å²) in [4.78, 5) is 0. The predicted octanol–water partition coefficient (Wildman–Crippen LogP) is 1.43. The smallest absolute Gasteiger partial charge is 0.0604 e. The molecule has 1 aromatic carbocycles. The number of nitrogens with one attached hydrogen (secondary N) is 2. The van der Waals surface area contributed by atoms with E-state index in [0.717, 1.165) is 15.8 Å². The molecule has 1 rings (SSSR count). The van der Waals surface area contributed by atoms with Gasteiger partial charge in [0.1, 0.15) is 0 Å². The third-order valence-corrected chi connectivity index (χ3v) is 2.93. The molecule has 0 radical (unpaired) electrons. The lowest BCUT2D eigenvalue weighted by molar-refractivity contribution is 0.311. The number of alkyl halides is 1. The van der Waals surface area contributed by atoms with E-state index in [-0.39, 0.29) is 13.2 Å². The van der Waals surface area contributed by atoms with Gasteiger partial charge in [-0.25, -0.2) is 0 Å². The van der Waals surface area contributed by atoms with E-state index in [1.807, 2.05) is 18.2 Å². The van der Waals surface area contributed by atoms with Crippen molar-refractivity contribution in [2.75, 3.05) is 36.9 Å². The molecule has 0 aliphatic heterocycles. The Morgan fingerprint density at radius 3 is 1.88 bits per heavy atom. The summed E-state index contributed by atoms with van der Waals surface area (Å²) in [6.07, 6.45) is 0. The summed E-state index contributed by atoms with van der Waals surface area (Å²) in [5.41, 5.74) is 3.24. The Labute approximate surface area is 109 Å². The molecule has 0 spiro atoms. The number of anilines is 2. The molecule has 16 heavy (non-hydrogen) atoms. The topological polar surface area (TPSA) is 64.5 Å². The normalized spacial score (nSPS) is 10.2. The van der Waals surface area contributed by atoms with Crippen LogP contribution in [0.3, 0.4) is 0 Å². The van der Waals surface area contributed by atoms with Gasteiger partial charge in [-0.2, -0.15) is 0 Å². The summed E-state index contributed by atoms with van der Waals surface area (Å²) >= 11 is 2.30. The Kier molecular flexibility index (Phi) is 6.51. The summed E-state index contributed by atoms with van der Waals surface area (Å²) < 4.78 is 0.875. The first-order valence-corrected chi connectivity index (χ1v) is 6.73. The van der Waals surface area contributed by atoms with Gasteiger partial charge in [0.2, 0.25) is 0 Å². The zero-order chi connectivity index (χ0) is 11.8. The van der Waals surface area contributed by atoms with Crippen molar-refractivity contribution < 1.29 is 10.2 Å². The maximum absolute atomic E-state index is 8.79. The molecule has 0 aromatic heterocycles. The Morgan fingerprint density at radius 1 is 1.00 bits per heavy atom. The number of hydrogen-bond donors (Lipinski definition) is 4. The van der Waals surface area contributed by atoms with Crippen LogP contribution in [0.15, 0.2) is 18.2 Å². The molecule has 0 aliphatic rings. The summed E-state index contributed by atoms with van der Waals surface area (Å²) in [7, 11) is 0. The minimum Gasteiger partial charge on any atom is -0.395 e. The molecule has 1 aromatic rings. The number of aliphatic hydroxyl groups is 2. The lowest BCUT2D eigenvalue weighted by atomic mass is 10.1. The van der Waals surface area contributed by atoms with Crippen molar-refractivity contribution in [3.05, 3.63) is 23.8 Å². The van der Waals surface area contributed by atoms with Crippen molar-refractivity contribution in [1.29, 1.82) is 0 Å². The Bertz CT molecular complexity index is 295. The van der Waals surface area contributed by atoms with Crippen LogP contribution in [0.25, 0.3) is 0 Å². The highest BCUT2D eigenvalue weighted by molar-refractivity contribution is 14.1. The molecule has 90 valence electrons. The zero-order valence-corrected chi connectivity index (χ0v) is 11.2. The van der Waals surface area contributed by atoms with Crippen molar-refractivity contribution in [1.82, 2.24) is 0 Å². The van der Waals surface area contributed by atoms with Crippen LogP contribution >= 0.6 is 22.6 Å². The molecule has 0 amide bonds. The Hall–Kier alpha value is -0.530. The minimum atomic E-state index is 0.120. The first kappa shape index (κ1) is 13.5. The SMILES string of the molecule is OCCNc1cccc(NCCO)c1CI. The van der Waals surface area contributed by atoms with Gasteiger partial charge in [-0.05, 0) is 12.1 Å². The van der Waals surface area contributed by atoms with Gasteiger partial charge in [0.25, 0.3) is 0 Å². The van der Waals surface area contributed by atoms with E-state index < -0.39 is 0 Å². The second-order valence-electron chi connectivity index (χ2n) is 3.27. The van der Waals surface area contributed by atoms with Crippen molar-refractivity contribution in [3.63, 3.8) is 0 Å². The van der Waals surface area contributed by atoms with Gasteiger partial charge >= 0.3 is 0 Å². The van der Waals surface area contributed by atoms with Gasteiger partial charge in [0, 0.05) is 34.5 Å². The largest absolute Gasteiger partial charge is 0.395 e. The molecule has 0 bridgehead atoms. The summed E-state index contributed by atoms with van der Waals surface area (Å²) in [6, 6.07) is 5.94. The fourth-order valence-electron chi connectivity index (χ4n) is 1.44. The average molecular weight is 336 g/mol. The van der Waals surface area contributed by atoms with Crippen LogP contribution in [0.2, 0.25) is 0 Å². The lowest BCUT2D eigenvalue weighted by Gasteiger charge is -2.15. The van der Waals surface area contributed by atoms with Crippen molar-refractivity contribution >= 4 is 34.0 Å². The third-order valence-electron chi connectivity index (χ3n) is 2.16. The van der Waals surface area contributed by atoms with Gasteiger partial charge in [-0.1, -0.05) is 28.7 Å². The van der Waals surface area contributed by atoms with Crippen molar-refractivity contribution in [2.24, 2.45) is 0 Å². The highest BCUT2D eigenvalue weighted by Gasteiger charge is 2.05. The third kappa shape index (κ3) is 3.80. The first-order chi connectivity index (χ1) is 7.83. The van der Waals surface area contributed by atoms with E-state index in [0.29, 0.717) is 13.1 Å². The molecule has 0 saturated carbocycles. The molecule has 0 unspecified atom stereocenters. The van der Waals surface area contributed by atoms with Gasteiger partial charge < -0.3 is 20.8 Å². The van der Waals surface area contributed by atoms with Crippen LogP contribution in [0.1, 0.15) is 5.56 Å². The van der Waals surface area contributed by atoms with Crippen LogP contribution in [0, 0.1) is 0 Å². The van der Waals surface area contributed by atoms with Crippen molar-refractivity contribution in [3.8, 4) is 0 Å². The van der Waals surface area contributed by atoms with E-state index in [4.69, 9.17) is 10.2 Å². The number of halogens is 1. The fraction of sp³-hybridized carbons (Fsp3) is 0.455. The van der Waals surface area contributed by atoms with Crippen LogP contribution in [0.5, 0.6) is 0 Å². The van der Waals surface area contributed by atoms with E-state index in [9.17, 15) is 0 Å². The fourth-order valence-corrected chi connectivity index (χ4v) is 2.26. The zero-order valence-electron chi connectivity index (χ0n) is 9.04. The number of benzene rings is 1. The number of aliphatic hydroxyl groups excluding tert-OH is 2. The Morgan fingerprint density at radius 2 is 1.50 bits per heavy atom. The molecular weight excluding hydrogens is 319 g/mol. The maximum atomic E-state index is 8.79. The second kappa shape index (κ2) is 7.70. The lowest BCUT2D eigenvalue weighted by Crippen LogP contribution is -2.11. The van der Waals surface area contributed by atoms with Crippen LogP contribution in [-0.4, -0.2) is 36.5 Å². The van der Waals surface area contributed by atoms with Crippen LogP contribution in [0.4, 0.5) is 11.4 Å². The summed E-state index contributed by atoms with van der Waals surface area (Å²) in [5, 5.41) is 23.9. The van der Waals surface area contributed by atoms with E-state index in [1.54, 1.807) is 0 Å². The average Bonchev–Trinajstić information content (AvgIpc) is 2.33. The molecule has 0 heterocycles. The van der Waals surface area contributed by atoms with Gasteiger partial charge in [-0.15, -0.1) is 0 Å². The highest BCUT2D eigenvalue weighted by atomic mass is 127.